The number of fused-ring (bicyclic) bond motifs is 1. The van der Waals surface area contributed by atoms with Crippen molar-refractivity contribution in [3.63, 3.8) is 0 Å². The van der Waals surface area contributed by atoms with Gasteiger partial charge in [0, 0.05) is 26.1 Å². The average molecular weight is 463 g/mol. The molecule has 2 aromatic carbocycles. The third-order valence-electron chi connectivity index (χ3n) is 5.90. The molecule has 1 saturated heterocycles. The Kier molecular flexibility index (Phi) is 6.18. The van der Waals surface area contributed by atoms with Crippen LogP contribution in [0.1, 0.15) is 35.6 Å². The van der Waals surface area contributed by atoms with Crippen LogP contribution in [0.4, 0.5) is 0 Å². The Labute approximate surface area is 183 Å². The Morgan fingerprint density at radius 2 is 1.84 bits per heavy atom. The lowest BCUT2D eigenvalue weighted by Crippen LogP contribution is -2.28. The van der Waals surface area contributed by atoms with E-state index in [4.69, 9.17) is 0 Å². The molecule has 1 fully saturated rings. The molecule has 1 atom stereocenters. The van der Waals surface area contributed by atoms with Crippen molar-refractivity contribution in [3.8, 4) is 0 Å². The third-order valence-corrected chi connectivity index (χ3v) is 9.99. The molecular formula is C22H26N2O5S2. The zero-order valence-corrected chi connectivity index (χ0v) is 18.8. The summed E-state index contributed by atoms with van der Waals surface area (Å²) < 4.78 is 52.0. The van der Waals surface area contributed by atoms with Gasteiger partial charge in [-0.05, 0) is 48.7 Å². The molecule has 0 saturated carbocycles. The van der Waals surface area contributed by atoms with Crippen LogP contribution in [0.5, 0.6) is 0 Å². The van der Waals surface area contributed by atoms with Crippen molar-refractivity contribution in [2.75, 3.05) is 25.4 Å². The summed E-state index contributed by atoms with van der Waals surface area (Å²) in [7, 11) is -7.52. The number of rotatable bonds is 8. The highest BCUT2D eigenvalue weighted by Gasteiger charge is 2.44. The molecule has 0 aliphatic carbocycles. The largest absolute Gasteiger partial charge is 0.343 e. The van der Waals surface area contributed by atoms with Crippen LogP contribution in [-0.4, -0.2) is 53.0 Å². The van der Waals surface area contributed by atoms with E-state index >= 15 is 0 Å². The molecule has 0 bridgehead atoms. The number of amides is 1. The minimum Gasteiger partial charge on any atom is -0.343 e. The molecule has 0 spiro atoms. The first-order chi connectivity index (χ1) is 14.8. The topological polar surface area (TPSA) is 101 Å². The minimum atomic E-state index is -3.85. The van der Waals surface area contributed by atoms with Crippen LogP contribution in [0.3, 0.4) is 0 Å². The number of hydrogen-bond acceptors (Lipinski definition) is 6. The first-order valence-electron chi connectivity index (χ1n) is 10.4. The molecule has 4 rings (SSSR count). The van der Waals surface area contributed by atoms with E-state index in [1.54, 1.807) is 30.3 Å². The molecule has 2 aromatic rings. The first kappa shape index (κ1) is 22.0. The van der Waals surface area contributed by atoms with Gasteiger partial charge in [-0.25, -0.2) is 16.8 Å². The van der Waals surface area contributed by atoms with Crippen molar-refractivity contribution < 1.29 is 21.6 Å². The van der Waals surface area contributed by atoms with E-state index in [9.17, 15) is 21.6 Å². The van der Waals surface area contributed by atoms with E-state index in [0.29, 0.717) is 37.2 Å². The zero-order chi connectivity index (χ0) is 22.1. The van der Waals surface area contributed by atoms with Crippen molar-refractivity contribution in [1.29, 1.82) is 0 Å². The summed E-state index contributed by atoms with van der Waals surface area (Å²) in [6, 6.07) is 12.9. The van der Waals surface area contributed by atoms with Crippen LogP contribution in [0.2, 0.25) is 0 Å². The molecule has 1 amide bonds. The van der Waals surface area contributed by atoms with Crippen molar-refractivity contribution in [1.82, 2.24) is 10.2 Å². The standard InChI is InChI=1S/C22H26N2O5S2/c25-21-11-5-13-24(21)14-6-12-23-15-17-7-4-10-19-22(17)20(16-30(19,26)27)31(28,29)18-8-2-1-3-9-18/h1-4,7-10,20,23H,5-6,11-16H2. The minimum absolute atomic E-state index is 0.110. The van der Waals surface area contributed by atoms with E-state index < -0.39 is 30.7 Å². The highest BCUT2D eigenvalue weighted by molar-refractivity contribution is 7.96. The van der Waals surface area contributed by atoms with E-state index in [-0.39, 0.29) is 15.7 Å². The maximum Gasteiger partial charge on any atom is 0.222 e. The van der Waals surface area contributed by atoms with Crippen LogP contribution in [0.15, 0.2) is 58.3 Å². The molecular weight excluding hydrogens is 436 g/mol. The summed E-state index contributed by atoms with van der Waals surface area (Å²) >= 11 is 0. The summed E-state index contributed by atoms with van der Waals surface area (Å²) in [4.78, 5) is 13.8. The lowest BCUT2D eigenvalue weighted by Gasteiger charge is -2.17. The Balaban J connectivity index is 1.52. The average Bonchev–Trinajstić information content (AvgIpc) is 3.29. The maximum atomic E-state index is 13.3. The van der Waals surface area contributed by atoms with Gasteiger partial charge in [0.05, 0.1) is 15.5 Å². The van der Waals surface area contributed by atoms with E-state index in [1.807, 2.05) is 4.90 Å². The number of nitrogens with zero attached hydrogens (tertiary/aromatic N) is 1. The number of carbonyl (C=O) groups excluding carboxylic acids is 1. The predicted molar refractivity (Wildman–Crippen MR) is 117 cm³/mol. The summed E-state index contributed by atoms with van der Waals surface area (Å²) in [6.07, 6.45) is 2.31. The summed E-state index contributed by atoms with van der Waals surface area (Å²) in [5.41, 5.74) is 1.06. The van der Waals surface area contributed by atoms with E-state index in [0.717, 1.165) is 19.4 Å². The highest BCUT2D eigenvalue weighted by atomic mass is 32.2. The Bertz CT molecular complexity index is 1180. The molecule has 166 valence electrons. The van der Waals surface area contributed by atoms with Crippen LogP contribution in [0, 0.1) is 0 Å². The molecule has 7 nitrogen and oxygen atoms in total. The molecule has 31 heavy (non-hydrogen) atoms. The van der Waals surface area contributed by atoms with Gasteiger partial charge in [-0.1, -0.05) is 30.3 Å². The molecule has 1 unspecified atom stereocenters. The number of likely N-dealkylation sites (tertiary alicyclic amines) is 1. The van der Waals surface area contributed by atoms with E-state index in [1.165, 1.54) is 18.2 Å². The van der Waals surface area contributed by atoms with Crippen LogP contribution >= 0.6 is 0 Å². The maximum absolute atomic E-state index is 13.3. The molecule has 1 N–H and O–H groups in total. The van der Waals surface area contributed by atoms with Crippen molar-refractivity contribution >= 4 is 25.6 Å². The second-order valence-electron chi connectivity index (χ2n) is 7.97. The fourth-order valence-electron chi connectivity index (χ4n) is 4.33. The van der Waals surface area contributed by atoms with Gasteiger partial charge in [0.2, 0.25) is 5.91 Å². The molecule has 2 aliphatic rings. The number of sulfone groups is 2. The summed E-state index contributed by atoms with van der Waals surface area (Å²) in [5.74, 6) is -0.242. The predicted octanol–water partition coefficient (Wildman–Crippen LogP) is 2.09. The lowest BCUT2D eigenvalue weighted by atomic mass is 10.0. The number of nitrogens with one attached hydrogen (secondary N) is 1. The molecule has 2 heterocycles. The molecule has 2 aliphatic heterocycles. The Morgan fingerprint density at radius 3 is 2.55 bits per heavy atom. The van der Waals surface area contributed by atoms with Gasteiger partial charge in [0.25, 0.3) is 0 Å². The first-order valence-corrected chi connectivity index (χ1v) is 13.6. The summed E-state index contributed by atoms with van der Waals surface area (Å²) in [5, 5.41) is 2.17. The molecule has 9 heteroatoms. The second kappa shape index (κ2) is 8.72. The normalized spacial score (nSPS) is 20.2. The van der Waals surface area contributed by atoms with Crippen molar-refractivity contribution in [2.45, 2.75) is 40.8 Å². The van der Waals surface area contributed by atoms with Gasteiger partial charge in [-0.3, -0.25) is 4.79 Å². The highest BCUT2D eigenvalue weighted by Crippen LogP contribution is 2.42. The SMILES string of the molecule is O=C1CCCN1CCCNCc1cccc2c1C(S(=O)(=O)c1ccccc1)CS2(=O)=O. The fraction of sp³-hybridized carbons (Fsp3) is 0.409. The Morgan fingerprint density at radius 1 is 1.06 bits per heavy atom. The van der Waals surface area contributed by atoms with Crippen LogP contribution in [0.25, 0.3) is 0 Å². The number of hydrogen-bond donors (Lipinski definition) is 1. The summed E-state index contributed by atoms with van der Waals surface area (Å²) in [6.45, 7) is 2.52. The fourth-order valence-corrected chi connectivity index (χ4v) is 8.75. The van der Waals surface area contributed by atoms with Crippen molar-refractivity contribution in [3.05, 3.63) is 59.7 Å². The molecule has 0 radical (unpaired) electrons. The van der Waals surface area contributed by atoms with Gasteiger partial charge >= 0.3 is 0 Å². The van der Waals surface area contributed by atoms with Gasteiger partial charge in [0.15, 0.2) is 19.7 Å². The second-order valence-corrected chi connectivity index (χ2v) is 12.1. The van der Waals surface area contributed by atoms with Gasteiger partial charge in [-0.15, -0.1) is 0 Å². The van der Waals surface area contributed by atoms with Gasteiger partial charge in [-0.2, -0.15) is 0 Å². The van der Waals surface area contributed by atoms with Crippen LogP contribution < -0.4 is 5.32 Å². The van der Waals surface area contributed by atoms with Crippen LogP contribution in [-0.2, 0) is 31.0 Å². The smallest absolute Gasteiger partial charge is 0.222 e. The quantitative estimate of drug-likeness (QED) is 0.603. The lowest BCUT2D eigenvalue weighted by molar-refractivity contribution is -0.127. The monoisotopic (exact) mass is 462 g/mol. The number of carbonyl (C=O) groups is 1. The Hall–Kier alpha value is -2.23. The number of benzene rings is 2. The van der Waals surface area contributed by atoms with E-state index in [2.05, 4.69) is 5.32 Å². The van der Waals surface area contributed by atoms with Gasteiger partial charge < -0.3 is 10.2 Å². The zero-order valence-electron chi connectivity index (χ0n) is 17.2. The van der Waals surface area contributed by atoms with Gasteiger partial charge in [0.1, 0.15) is 5.25 Å². The third kappa shape index (κ3) is 4.40. The van der Waals surface area contributed by atoms with Crippen molar-refractivity contribution in [2.24, 2.45) is 0 Å². The molecule has 0 aromatic heterocycles.